The number of rotatable bonds is 4. The number of aromatic hydroxyl groups is 1. The summed E-state index contributed by atoms with van der Waals surface area (Å²) in [4.78, 5) is 0. The molecule has 94 valence electrons. The van der Waals surface area contributed by atoms with E-state index in [2.05, 4.69) is 21.2 Å². The second-order valence-electron chi connectivity index (χ2n) is 4.02. The molecule has 4 heteroatoms. The van der Waals surface area contributed by atoms with Gasteiger partial charge in [0, 0.05) is 13.1 Å². The van der Waals surface area contributed by atoms with Crippen molar-refractivity contribution in [1.29, 1.82) is 0 Å². The fourth-order valence-corrected chi connectivity index (χ4v) is 2.04. The smallest absolute Gasteiger partial charge is 0.129 e. The van der Waals surface area contributed by atoms with Crippen LogP contribution in [0.1, 0.15) is 11.1 Å². The fourth-order valence-electron chi connectivity index (χ4n) is 1.61. The summed E-state index contributed by atoms with van der Waals surface area (Å²) in [7, 11) is 0. The summed E-state index contributed by atoms with van der Waals surface area (Å²) in [5, 5.41) is 12.6. The highest BCUT2D eigenvalue weighted by atomic mass is 79.9. The minimum absolute atomic E-state index is 0.221. The number of benzene rings is 2. The van der Waals surface area contributed by atoms with Gasteiger partial charge in [-0.1, -0.05) is 18.2 Å². The first-order chi connectivity index (χ1) is 8.65. The van der Waals surface area contributed by atoms with Gasteiger partial charge in [-0.15, -0.1) is 0 Å². The molecule has 0 saturated heterocycles. The molecule has 0 atom stereocenters. The lowest BCUT2D eigenvalue weighted by Crippen LogP contribution is -2.12. The largest absolute Gasteiger partial charge is 0.507 e. The predicted molar refractivity (Wildman–Crippen MR) is 72.8 cm³/mol. The molecule has 0 fully saturated rings. The van der Waals surface area contributed by atoms with Crippen LogP contribution >= 0.6 is 15.9 Å². The van der Waals surface area contributed by atoms with E-state index in [0.717, 1.165) is 11.1 Å². The lowest BCUT2D eigenvalue weighted by Gasteiger charge is -2.06. The van der Waals surface area contributed by atoms with Gasteiger partial charge in [0.15, 0.2) is 0 Å². The molecule has 18 heavy (non-hydrogen) atoms. The normalized spacial score (nSPS) is 10.6. The average Bonchev–Trinajstić information content (AvgIpc) is 2.36. The van der Waals surface area contributed by atoms with Crippen molar-refractivity contribution in [1.82, 2.24) is 5.32 Å². The van der Waals surface area contributed by atoms with Crippen LogP contribution in [0.2, 0.25) is 0 Å². The molecule has 2 rings (SSSR count). The Hall–Kier alpha value is -1.39. The van der Waals surface area contributed by atoms with Crippen LogP contribution in [0.4, 0.5) is 4.39 Å². The van der Waals surface area contributed by atoms with Crippen molar-refractivity contribution < 1.29 is 9.50 Å². The summed E-state index contributed by atoms with van der Waals surface area (Å²) in [6.45, 7) is 1.37. The number of hydrogen-bond donors (Lipinski definition) is 2. The standard InChI is InChI=1S/C14H13BrFNO/c15-13-7-11(3-6-14(13)18)9-17-8-10-1-4-12(16)5-2-10/h1-7,17-18H,8-9H2. The van der Waals surface area contributed by atoms with Gasteiger partial charge in [0.05, 0.1) is 4.47 Å². The molecule has 0 radical (unpaired) electrons. The van der Waals surface area contributed by atoms with Gasteiger partial charge in [-0.25, -0.2) is 4.39 Å². The van der Waals surface area contributed by atoms with Crippen LogP contribution < -0.4 is 5.32 Å². The molecule has 0 aromatic heterocycles. The predicted octanol–water partition coefficient (Wildman–Crippen LogP) is 3.58. The Labute approximate surface area is 114 Å². The summed E-state index contributed by atoms with van der Waals surface area (Å²) in [5.74, 6) is 0.0125. The van der Waals surface area contributed by atoms with Gasteiger partial charge in [0.25, 0.3) is 0 Å². The van der Waals surface area contributed by atoms with E-state index in [4.69, 9.17) is 0 Å². The van der Waals surface area contributed by atoms with E-state index in [-0.39, 0.29) is 11.6 Å². The van der Waals surface area contributed by atoms with E-state index < -0.39 is 0 Å². The van der Waals surface area contributed by atoms with Gasteiger partial charge in [-0.05, 0) is 51.3 Å². The Morgan fingerprint density at radius 3 is 2.28 bits per heavy atom. The van der Waals surface area contributed by atoms with Crippen LogP contribution in [0.25, 0.3) is 0 Å². The van der Waals surface area contributed by atoms with Crippen LogP contribution in [-0.2, 0) is 13.1 Å². The zero-order valence-electron chi connectivity index (χ0n) is 9.66. The molecular formula is C14H13BrFNO. The lowest BCUT2D eigenvalue weighted by molar-refractivity contribution is 0.471. The number of halogens is 2. The molecule has 2 aromatic carbocycles. The van der Waals surface area contributed by atoms with Crippen molar-refractivity contribution in [2.75, 3.05) is 0 Å². The van der Waals surface area contributed by atoms with Crippen molar-refractivity contribution in [3.63, 3.8) is 0 Å². The van der Waals surface area contributed by atoms with Crippen LogP contribution in [0.15, 0.2) is 46.9 Å². The molecule has 0 unspecified atom stereocenters. The highest BCUT2D eigenvalue weighted by Gasteiger charge is 1.99. The molecule has 0 heterocycles. The van der Waals surface area contributed by atoms with Gasteiger partial charge >= 0.3 is 0 Å². The molecule has 0 saturated carbocycles. The Morgan fingerprint density at radius 1 is 1.00 bits per heavy atom. The first-order valence-electron chi connectivity index (χ1n) is 5.58. The fraction of sp³-hybridized carbons (Fsp3) is 0.143. The van der Waals surface area contributed by atoms with E-state index in [1.165, 1.54) is 12.1 Å². The number of nitrogens with one attached hydrogen (secondary N) is 1. The molecule has 0 amide bonds. The maximum absolute atomic E-state index is 12.7. The van der Waals surface area contributed by atoms with Gasteiger partial charge in [-0.2, -0.15) is 0 Å². The molecule has 0 aliphatic rings. The molecule has 2 aromatic rings. The zero-order chi connectivity index (χ0) is 13.0. The molecular weight excluding hydrogens is 297 g/mol. The van der Waals surface area contributed by atoms with Crippen LogP contribution in [0.3, 0.4) is 0 Å². The van der Waals surface area contributed by atoms with Gasteiger partial charge < -0.3 is 10.4 Å². The third kappa shape index (κ3) is 3.55. The maximum atomic E-state index is 12.7. The number of phenolic OH excluding ortho intramolecular Hbond substituents is 1. The topological polar surface area (TPSA) is 32.3 Å². The van der Waals surface area contributed by atoms with Crippen molar-refractivity contribution in [2.45, 2.75) is 13.1 Å². The summed E-state index contributed by atoms with van der Waals surface area (Å²) >= 11 is 3.27. The molecule has 2 nitrogen and oxygen atoms in total. The minimum atomic E-state index is -0.221. The SMILES string of the molecule is Oc1ccc(CNCc2ccc(F)cc2)cc1Br. The van der Waals surface area contributed by atoms with Crippen molar-refractivity contribution in [3.05, 3.63) is 63.9 Å². The Balaban J connectivity index is 1.88. The first-order valence-corrected chi connectivity index (χ1v) is 6.37. The van der Waals surface area contributed by atoms with E-state index in [1.807, 2.05) is 12.1 Å². The monoisotopic (exact) mass is 309 g/mol. The van der Waals surface area contributed by atoms with E-state index in [1.54, 1.807) is 18.2 Å². The van der Waals surface area contributed by atoms with Crippen molar-refractivity contribution >= 4 is 15.9 Å². The van der Waals surface area contributed by atoms with Gasteiger partial charge in [-0.3, -0.25) is 0 Å². The van der Waals surface area contributed by atoms with E-state index in [9.17, 15) is 9.50 Å². The highest BCUT2D eigenvalue weighted by Crippen LogP contribution is 2.24. The second kappa shape index (κ2) is 5.98. The molecule has 0 aliphatic carbocycles. The second-order valence-corrected chi connectivity index (χ2v) is 4.87. The molecule has 2 N–H and O–H groups in total. The summed E-state index contributed by atoms with van der Waals surface area (Å²) < 4.78 is 13.4. The highest BCUT2D eigenvalue weighted by molar-refractivity contribution is 9.10. The van der Waals surface area contributed by atoms with E-state index >= 15 is 0 Å². The number of phenols is 1. The molecule has 0 bridgehead atoms. The lowest BCUT2D eigenvalue weighted by atomic mass is 10.2. The van der Waals surface area contributed by atoms with E-state index in [0.29, 0.717) is 17.6 Å². The zero-order valence-corrected chi connectivity index (χ0v) is 11.2. The molecule has 0 aliphatic heterocycles. The van der Waals surface area contributed by atoms with Crippen molar-refractivity contribution in [2.24, 2.45) is 0 Å². The summed E-state index contributed by atoms with van der Waals surface area (Å²) in [5.41, 5.74) is 2.11. The van der Waals surface area contributed by atoms with Crippen LogP contribution in [0, 0.1) is 5.82 Å². The van der Waals surface area contributed by atoms with Crippen LogP contribution in [-0.4, -0.2) is 5.11 Å². The van der Waals surface area contributed by atoms with Crippen LogP contribution in [0.5, 0.6) is 5.75 Å². The summed E-state index contributed by atoms with van der Waals surface area (Å²) in [6.07, 6.45) is 0. The van der Waals surface area contributed by atoms with Gasteiger partial charge in [0.2, 0.25) is 0 Å². The minimum Gasteiger partial charge on any atom is -0.507 e. The number of hydrogen-bond acceptors (Lipinski definition) is 2. The Kier molecular flexibility index (Phi) is 4.33. The quantitative estimate of drug-likeness (QED) is 0.904. The van der Waals surface area contributed by atoms with Gasteiger partial charge in [0.1, 0.15) is 11.6 Å². The average molecular weight is 310 g/mol. The molecule has 0 spiro atoms. The third-order valence-corrected chi connectivity index (χ3v) is 3.22. The van der Waals surface area contributed by atoms with Crippen molar-refractivity contribution in [3.8, 4) is 5.75 Å². The third-order valence-electron chi connectivity index (χ3n) is 2.58. The first kappa shape index (κ1) is 13.1. The Morgan fingerprint density at radius 2 is 1.61 bits per heavy atom. The maximum Gasteiger partial charge on any atom is 0.129 e. The Bertz CT molecular complexity index is 528. The summed E-state index contributed by atoms with van der Waals surface area (Å²) in [6, 6.07) is 11.8.